The molecule has 0 saturated carbocycles. The Morgan fingerprint density at radius 2 is 1.52 bits per heavy atom. The highest BCUT2D eigenvalue weighted by molar-refractivity contribution is 6.74. The fourth-order valence-corrected chi connectivity index (χ4v) is 6.20. The van der Waals surface area contributed by atoms with Crippen LogP contribution in [0.2, 0.25) is 0 Å². The summed E-state index contributed by atoms with van der Waals surface area (Å²) < 4.78 is 47.7. The molecule has 208 valence electrons. The van der Waals surface area contributed by atoms with Gasteiger partial charge in [0.1, 0.15) is 6.61 Å². The van der Waals surface area contributed by atoms with Crippen LogP contribution in [0.5, 0.6) is 0 Å². The second kappa shape index (κ2) is 10.9. The third-order valence-corrected chi connectivity index (χ3v) is 8.24. The standard InChI is InChI=1S/C29H30BF3N5O2/c1-18-25(19(2)28(35-36-34)20(3)27(18)30(31,32)33)16-37-12-14-38(15-13-37)29(39)40-17-26-23-10-6-4-8-21(23)22-9-5-7-11-24(22)26/h4-11,26H,12-17H2,1-3H3/q-1. The minimum atomic E-state index is -5.29. The highest BCUT2D eigenvalue weighted by atomic mass is 19.4. The second-order valence-electron chi connectivity index (χ2n) is 10.4. The van der Waals surface area contributed by atoms with Crippen LogP contribution in [0.1, 0.15) is 39.3 Å². The van der Waals surface area contributed by atoms with Crippen LogP contribution in [0.25, 0.3) is 21.6 Å². The van der Waals surface area contributed by atoms with Crippen molar-refractivity contribution in [2.45, 2.75) is 33.2 Å². The number of fused-ring (bicyclic) bond motifs is 3. The van der Waals surface area contributed by atoms with Crippen molar-refractivity contribution in [2.75, 3.05) is 32.8 Å². The Bertz CT molecular complexity index is 1470. The summed E-state index contributed by atoms with van der Waals surface area (Å²) in [6.07, 6.45) is -0.392. The van der Waals surface area contributed by atoms with Crippen LogP contribution in [0.4, 0.5) is 23.4 Å². The van der Waals surface area contributed by atoms with Gasteiger partial charge >= 0.3 is 13.1 Å². The van der Waals surface area contributed by atoms with Gasteiger partial charge in [-0.25, -0.2) is 4.79 Å². The van der Waals surface area contributed by atoms with E-state index in [-0.39, 0.29) is 35.9 Å². The number of carbonyl (C=O) groups excluding carboxylic acids is 1. The van der Waals surface area contributed by atoms with Gasteiger partial charge in [0.05, 0.1) is 0 Å². The molecule has 1 aliphatic carbocycles. The Balaban J connectivity index is 1.25. The first kappa shape index (κ1) is 27.6. The first-order valence-electron chi connectivity index (χ1n) is 13.3. The Labute approximate surface area is 231 Å². The van der Waals surface area contributed by atoms with E-state index >= 15 is 0 Å². The van der Waals surface area contributed by atoms with Gasteiger partial charge in [0.2, 0.25) is 0 Å². The third kappa shape index (κ3) is 5.02. The van der Waals surface area contributed by atoms with Gasteiger partial charge in [-0.15, -0.1) is 5.46 Å². The van der Waals surface area contributed by atoms with E-state index in [1.54, 1.807) is 11.8 Å². The van der Waals surface area contributed by atoms with Crippen LogP contribution in [0.15, 0.2) is 53.6 Å². The molecule has 7 nitrogen and oxygen atoms in total. The van der Waals surface area contributed by atoms with Crippen molar-refractivity contribution in [3.8, 4) is 11.1 Å². The molecule has 0 unspecified atom stereocenters. The Morgan fingerprint density at radius 1 is 0.950 bits per heavy atom. The van der Waals surface area contributed by atoms with E-state index in [4.69, 9.17) is 10.3 Å². The van der Waals surface area contributed by atoms with Crippen LogP contribution in [0, 0.1) is 20.8 Å². The zero-order valence-corrected chi connectivity index (χ0v) is 22.7. The van der Waals surface area contributed by atoms with E-state index in [0.717, 1.165) is 22.3 Å². The summed E-state index contributed by atoms with van der Waals surface area (Å²) in [5.41, 5.74) is 14.1. The Hall–Kier alpha value is -3.95. The number of azide groups is 1. The molecule has 1 heterocycles. The summed E-state index contributed by atoms with van der Waals surface area (Å²) in [5.74, 6) is -0.0279. The fraction of sp³-hybridized carbons (Fsp3) is 0.345. The van der Waals surface area contributed by atoms with Crippen molar-refractivity contribution in [2.24, 2.45) is 5.11 Å². The number of carbonyl (C=O) groups is 1. The lowest BCUT2D eigenvalue weighted by molar-refractivity contribution is 0.0727. The quantitative estimate of drug-likeness (QED) is 0.149. The minimum absolute atomic E-state index is 0.0279. The predicted octanol–water partition coefficient (Wildman–Crippen LogP) is 6.67. The molecular formula is C29H30BF3N5O2-. The molecule has 0 bridgehead atoms. The van der Waals surface area contributed by atoms with Crippen LogP contribution < -0.4 is 5.46 Å². The summed E-state index contributed by atoms with van der Waals surface area (Å²) in [6.45, 7) is 1.52. The summed E-state index contributed by atoms with van der Waals surface area (Å²) in [6, 6.07) is 16.3. The van der Waals surface area contributed by atoms with Gasteiger partial charge in [0.25, 0.3) is 0 Å². The maximum absolute atomic E-state index is 14.0. The smallest absolute Gasteiger partial charge is 0.448 e. The van der Waals surface area contributed by atoms with Crippen LogP contribution in [-0.4, -0.2) is 55.7 Å². The normalized spacial score (nSPS) is 15.4. The van der Waals surface area contributed by atoms with Gasteiger partial charge in [-0.2, -0.15) is 0 Å². The third-order valence-electron chi connectivity index (χ3n) is 8.24. The lowest BCUT2D eigenvalue weighted by atomic mass is 9.71. The van der Waals surface area contributed by atoms with Gasteiger partial charge in [0.15, 0.2) is 0 Å². The highest BCUT2D eigenvalue weighted by Crippen LogP contribution is 2.44. The van der Waals surface area contributed by atoms with Crippen molar-refractivity contribution < 1.29 is 22.5 Å². The van der Waals surface area contributed by atoms with Crippen molar-refractivity contribution in [1.82, 2.24) is 9.80 Å². The van der Waals surface area contributed by atoms with Gasteiger partial charge < -0.3 is 22.6 Å². The lowest BCUT2D eigenvalue weighted by Gasteiger charge is -2.36. The number of amides is 1. The van der Waals surface area contributed by atoms with E-state index in [2.05, 4.69) is 34.3 Å². The largest absolute Gasteiger partial charge is 0.510 e. The second-order valence-corrected chi connectivity index (χ2v) is 10.4. The number of hydrogen-bond donors (Lipinski definition) is 0. The molecule has 1 saturated heterocycles. The fourth-order valence-electron chi connectivity index (χ4n) is 6.20. The average Bonchev–Trinajstić information content (AvgIpc) is 3.25. The highest BCUT2D eigenvalue weighted by Gasteiger charge is 2.33. The van der Waals surface area contributed by atoms with E-state index in [1.807, 2.05) is 29.2 Å². The number of benzene rings is 3. The van der Waals surface area contributed by atoms with Crippen molar-refractivity contribution in [3.63, 3.8) is 0 Å². The molecule has 0 atom stereocenters. The average molecular weight is 548 g/mol. The maximum atomic E-state index is 14.0. The molecule has 0 spiro atoms. The number of nitrogens with zero attached hydrogens (tertiary/aromatic N) is 5. The SMILES string of the molecule is Cc1c(CN2CCN(C(=O)OCC3c4ccccc4-c4ccccc43)CC2)c(C)c([B-](F)(F)F)c(C)c1N=[N+]=[N-]. The van der Waals surface area contributed by atoms with Crippen LogP contribution in [-0.2, 0) is 11.3 Å². The molecule has 0 radical (unpaired) electrons. The molecule has 0 N–H and O–H groups in total. The monoisotopic (exact) mass is 548 g/mol. The summed E-state index contributed by atoms with van der Waals surface area (Å²) in [7, 11) is 0. The van der Waals surface area contributed by atoms with Crippen molar-refractivity contribution in [3.05, 3.63) is 92.4 Å². The summed E-state index contributed by atoms with van der Waals surface area (Å²) >= 11 is 0. The van der Waals surface area contributed by atoms with E-state index in [1.165, 1.54) is 13.8 Å². The van der Waals surface area contributed by atoms with Crippen LogP contribution in [0.3, 0.4) is 0 Å². The zero-order chi connectivity index (χ0) is 28.6. The Morgan fingerprint density at radius 3 is 2.08 bits per heavy atom. The molecule has 1 fully saturated rings. The van der Waals surface area contributed by atoms with Crippen LogP contribution >= 0.6 is 0 Å². The van der Waals surface area contributed by atoms with Gasteiger partial charge in [-0.1, -0.05) is 64.8 Å². The maximum Gasteiger partial charge on any atom is 0.510 e. The minimum Gasteiger partial charge on any atom is -0.448 e. The van der Waals surface area contributed by atoms with E-state index < -0.39 is 18.5 Å². The lowest BCUT2D eigenvalue weighted by Crippen LogP contribution is -2.49. The number of halogens is 3. The molecule has 40 heavy (non-hydrogen) atoms. The number of rotatable bonds is 6. The predicted molar refractivity (Wildman–Crippen MR) is 150 cm³/mol. The number of piperazine rings is 1. The molecule has 11 heteroatoms. The Kier molecular flexibility index (Phi) is 7.53. The number of ether oxygens (including phenoxy) is 1. The molecule has 3 aromatic carbocycles. The summed E-state index contributed by atoms with van der Waals surface area (Å²) in [5, 5.41) is 3.59. The molecule has 3 aromatic rings. The van der Waals surface area contributed by atoms with Gasteiger partial charge in [-0.3, -0.25) is 4.90 Å². The molecule has 0 aromatic heterocycles. The molecule has 1 aliphatic heterocycles. The summed E-state index contributed by atoms with van der Waals surface area (Å²) in [4.78, 5) is 19.4. The molecule has 1 amide bonds. The molecular weight excluding hydrogens is 518 g/mol. The van der Waals surface area contributed by atoms with Crippen molar-refractivity contribution in [1.29, 1.82) is 0 Å². The first-order valence-corrected chi connectivity index (χ1v) is 13.3. The zero-order valence-electron chi connectivity index (χ0n) is 22.7. The van der Waals surface area contributed by atoms with Gasteiger partial charge in [-0.05, 0) is 59.7 Å². The van der Waals surface area contributed by atoms with E-state index in [0.29, 0.717) is 37.3 Å². The first-order chi connectivity index (χ1) is 19.1. The number of hydrogen-bond acceptors (Lipinski definition) is 4. The van der Waals surface area contributed by atoms with Crippen molar-refractivity contribution >= 4 is 24.2 Å². The topological polar surface area (TPSA) is 81.5 Å². The van der Waals surface area contributed by atoms with E-state index in [9.17, 15) is 17.7 Å². The molecule has 5 rings (SSSR count). The van der Waals surface area contributed by atoms with Gasteiger partial charge in [0, 0.05) is 49.2 Å². The molecule has 2 aliphatic rings.